The molecule has 0 aliphatic carbocycles. The third kappa shape index (κ3) is 6.16. The van der Waals surface area contributed by atoms with Gasteiger partial charge in [-0.2, -0.15) is 0 Å². The first-order valence-corrected chi connectivity index (χ1v) is 12.9. The summed E-state index contributed by atoms with van der Waals surface area (Å²) >= 11 is 0. The molecule has 2 aromatic rings. The number of para-hydroxylation sites is 2. The Hall–Kier alpha value is -3.02. The van der Waals surface area contributed by atoms with Gasteiger partial charge < -0.3 is 19.7 Å². The van der Waals surface area contributed by atoms with Crippen molar-refractivity contribution in [3.05, 3.63) is 59.7 Å². The highest BCUT2D eigenvalue weighted by Gasteiger charge is 2.42. The molecule has 2 aliphatic heterocycles. The fourth-order valence-electron chi connectivity index (χ4n) is 5.35. The molecule has 0 bridgehead atoms. The van der Waals surface area contributed by atoms with E-state index in [-0.39, 0.29) is 17.9 Å². The van der Waals surface area contributed by atoms with E-state index in [4.69, 9.17) is 9.47 Å². The maximum Gasteiger partial charge on any atom is 0.226 e. The molecule has 1 saturated heterocycles. The number of nitrogens with one attached hydrogen (secondary N) is 1. The number of amides is 2. The number of likely N-dealkylation sites (tertiary alicyclic amines) is 1. The van der Waals surface area contributed by atoms with E-state index in [1.807, 2.05) is 48.2 Å². The molecule has 2 heterocycles. The molecule has 1 atom stereocenters. The third-order valence-corrected chi connectivity index (χ3v) is 7.55. The van der Waals surface area contributed by atoms with Gasteiger partial charge in [-0.1, -0.05) is 42.8 Å². The monoisotopic (exact) mass is 478 g/mol. The van der Waals surface area contributed by atoms with E-state index in [0.29, 0.717) is 45.4 Å². The molecule has 2 aliphatic rings. The average Bonchev–Trinajstić information content (AvgIpc) is 2.89. The highest BCUT2D eigenvalue weighted by molar-refractivity contribution is 5.84. The number of carbonyl (C=O) groups excluding carboxylic acids is 2. The molecular formula is C29H38N2O4. The van der Waals surface area contributed by atoms with Crippen LogP contribution in [-0.4, -0.2) is 49.6 Å². The first kappa shape index (κ1) is 25.1. The standard InChI is InChI=1S/C29H38N2O4/c1-22-21-35-26-13-6-4-9-23(26)11-7-8-16-29(28(33)30-22)17-19-31(20-18-29)27(32)15-14-24-10-3-5-12-25(24)34-2/h3-6,9-10,12-13,22H,7-8,11,14-21H2,1-2H3,(H,30,33)/t22-/m1/s1. The summed E-state index contributed by atoms with van der Waals surface area (Å²) in [6.45, 7) is 3.71. The lowest BCUT2D eigenvalue weighted by Crippen LogP contribution is -2.52. The molecule has 35 heavy (non-hydrogen) atoms. The minimum atomic E-state index is -0.410. The second kappa shape index (κ2) is 11.6. The first-order chi connectivity index (χ1) is 17.0. The predicted molar refractivity (Wildman–Crippen MR) is 137 cm³/mol. The summed E-state index contributed by atoms with van der Waals surface area (Å²) in [6, 6.07) is 16.0. The Balaban J connectivity index is 1.36. The predicted octanol–water partition coefficient (Wildman–Crippen LogP) is 4.55. The van der Waals surface area contributed by atoms with Crippen molar-refractivity contribution in [2.75, 3.05) is 26.8 Å². The van der Waals surface area contributed by atoms with E-state index in [0.717, 1.165) is 42.7 Å². The number of piperidine rings is 1. The number of hydrogen-bond donors (Lipinski definition) is 1. The summed E-state index contributed by atoms with van der Waals surface area (Å²) < 4.78 is 11.5. The molecule has 0 radical (unpaired) electrons. The molecule has 0 unspecified atom stereocenters. The minimum absolute atomic E-state index is 0.0765. The smallest absolute Gasteiger partial charge is 0.226 e. The zero-order valence-corrected chi connectivity index (χ0v) is 21.1. The minimum Gasteiger partial charge on any atom is -0.496 e. The van der Waals surface area contributed by atoms with Gasteiger partial charge in [0.15, 0.2) is 0 Å². The maximum atomic E-state index is 13.4. The van der Waals surface area contributed by atoms with Crippen LogP contribution < -0.4 is 14.8 Å². The Morgan fingerprint density at radius 3 is 2.63 bits per heavy atom. The lowest BCUT2D eigenvalue weighted by atomic mass is 9.73. The van der Waals surface area contributed by atoms with Crippen LogP contribution in [0.15, 0.2) is 48.5 Å². The highest BCUT2D eigenvalue weighted by atomic mass is 16.5. The quantitative estimate of drug-likeness (QED) is 0.700. The second-order valence-electron chi connectivity index (χ2n) is 9.97. The van der Waals surface area contributed by atoms with Crippen molar-refractivity contribution in [3.63, 3.8) is 0 Å². The zero-order chi connectivity index (χ0) is 24.7. The van der Waals surface area contributed by atoms with Crippen LogP contribution in [0.1, 0.15) is 56.6 Å². The maximum absolute atomic E-state index is 13.4. The van der Waals surface area contributed by atoms with E-state index >= 15 is 0 Å². The van der Waals surface area contributed by atoms with Crippen molar-refractivity contribution in [2.24, 2.45) is 5.41 Å². The van der Waals surface area contributed by atoms with Gasteiger partial charge in [0.25, 0.3) is 0 Å². The lowest BCUT2D eigenvalue weighted by Gasteiger charge is -2.41. The Morgan fingerprint density at radius 2 is 1.83 bits per heavy atom. The number of fused-ring (bicyclic) bond motifs is 1. The molecule has 1 fully saturated rings. The van der Waals surface area contributed by atoms with Crippen LogP contribution in [0.3, 0.4) is 0 Å². The molecule has 1 N–H and O–H groups in total. The summed E-state index contributed by atoms with van der Waals surface area (Å²) in [5.74, 6) is 2.01. The van der Waals surface area contributed by atoms with Crippen molar-refractivity contribution in [1.82, 2.24) is 10.2 Å². The Bertz CT molecular complexity index is 1010. The summed E-state index contributed by atoms with van der Waals surface area (Å²) in [4.78, 5) is 28.3. The summed E-state index contributed by atoms with van der Waals surface area (Å²) in [5.41, 5.74) is 1.87. The second-order valence-corrected chi connectivity index (χ2v) is 9.97. The number of benzene rings is 2. The lowest BCUT2D eigenvalue weighted by molar-refractivity contribution is -0.141. The molecule has 0 aromatic heterocycles. The highest BCUT2D eigenvalue weighted by Crippen LogP contribution is 2.38. The van der Waals surface area contributed by atoms with E-state index < -0.39 is 5.41 Å². The molecular weight excluding hydrogens is 440 g/mol. The third-order valence-electron chi connectivity index (χ3n) is 7.55. The average molecular weight is 479 g/mol. The topological polar surface area (TPSA) is 67.9 Å². The van der Waals surface area contributed by atoms with Gasteiger partial charge in [0.2, 0.25) is 11.8 Å². The van der Waals surface area contributed by atoms with Crippen LogP contribution in [0.4, 0.5) is 0 Å². The molecule has 4 rings (SSSR count). The van der Waals surface area contributed by atoms with Gasteiger partial charge in [0.1, 0.15) is 18.1 Å². The molecule has 2 aromatic carbocycles. The van der Waals surface area contributed by atoms with Crippen molar-refractivity contribution >= 4 is 11.8 Å². The zero-order valence-electron chi connectivity index (χ0n) is 21.1. The largest absolute Gasteiger partial charge is 0.496 e. The van der Waals surface area contributed by atoms with Crippen molar-refractivity contribution in [1.29, 1.82) is 0 Å². The molecule has 6 heteroatoms. The Morgan fingerprint density at radius 1 is 1.09 bits per heavy atom. The molecule has 6 nitrogen and oxygen atoms in total. The fourth-order valence-corrected chi connectivity index (χ4v) is 5.35. The van der Waals surface area contributed by atoms with Crippen molar-refractivity contribution in [2.45, 2.75) is 64.3 Å². The van der Waals surface area contributed by atoms with Crippen LogP contribution in [0.2, 0.25) is 0 Å². The van der Waals surface area contributed by atoms with E-state index in [1.54, 1.807) is 7.11 Å². The van der Waals surface area contributed by atoms with Crippen LogP contribution in [-0.2, 0) is 22.4 Å². The summed E-state index contributed by atoms with van der Waals surface area (Å²) in [7, 11) is 1.66. The van der Waals surface area contributed by atoms with Crippen LogP contribution in [0.5, 0.6) is 11.5 Å². The fraction of sp³-hybridized carbons (Fsp3) is 0.517. The van der Waals surface area contributed by atoms with Gasteiger partial charge >= 0.3 is 0 Å². The first-order valence-electron chi connectivity index (χ1n) is 12.9. The van der Waals surface area contributed by atoms with Crippen LogP contribution in [0, 0.1) is 5.41 Å². The summed E-state index contributed by atoms with van der Waals surface area (Å²) in [6.07, 6.45) is 6.35. The van der Waals surface area contributed by atoms with Crippen LogP contribution >= 0.6 is 0 Å². The molecule has 1 spiro atoms. The number of ether oxygens (including phenoxy) is 2. The van der Waals surface area contributed by atoms with Gasteiger partial charge in [0.05, 0.1) is 18.6 Å². The molecule has 0 saturated carbocycles. The van der Waals surface area contributed by atoms with E-state index in [9.17, 15) is 9.59 Å². The number of nitrogens with zero attached hydrogens (tertiary/aromatic N) is 1. The van der Waals surface area contributed by atoms with Gasteiger partial charge in [-0.05, 0) is 68.7 Å². The molecule has 2 amide bonds. The number of carbonyl (C=O) groups is 2. The Labute approximate surface area is 209 Å². The van der Waals surface area contributed by atoms with Gasteiger partial charge in [0, 0.05) is 19.5 Å². The number of methoxy groups -OCH3 is 1. The van der Waals surface area contributed by atoms with Gasteiger partial charge in [-0.3, -0.25) is 9.59 Å². The number of rotatable bonds is 4. The van der Waals surface area contributed by atoms with E-state index in [2.05, 4.69) is 17.4 Å². The van der Waals surface area contributed by atoms with Crippen LogP contribution in [0.25, 0.3) is 0 Å². The number of aryl methyl sites for hydroxylation is 2. The summed E-state index contributed by atoms with van der Waals surface area (Å²) in [5, 5.41) is 3.21. The van der Waals surface area contributed by atoms with Crippen molar-refractivity contribution in [3.8, 4) is 11.5 Å². The van der Waals surface area contributed by atoms with Gasteiger partial charge in [-0.15, -0.1) is 0 Å². The van der Waals surface area contributed by atoms with Gasteiger partial charge in [-0.25, -0.2) is 0 Å². The molecule has 188 valence electrons. The number of hydrogen-bond acceptors (Lipinski definition) is 4. The van der Waals surface area contributed by atoms with Crippen molar-refractivity contribution < 1.29 is 19.1 Å². The van der Waals surface area contributed by atoms with E-state index in [1.165, 1.54) is 5.56 Å². The normalized spacial score (nSPS) is 20.6. The SMILES string of the molecule is COc1ccccc1CCC(=O)N1CCC2(CCCCc3ccccc3OC[C@@H](C)NC2=O)CC1. The Kier molecular flexibility index (Phi) is 8.32.